The van der Waals surface area contributed by atoms with Gasteiger partial charge in [-0.15, -0.1) is 0 Å². The van der Waals surface area contributed by atoms with Crippen molar-refractivity contribution in [2.75, 3.05) is 12.4 Å². The number of rotatable bonds is 5. The number of nitrogens with one attached hydrogen (secondary N) is 2. The molecular weight excluding hydrogens is 440 g/mol. The van der Waals surface area contributed by atoms with Crippen LogP contribution >= 0.6 is 15.9 Å². The molecule has 0 aliphatic carbocycles. The highest BCUT2D eigenvalue weighted by Gasteiger charge is 2.27. The molecule has 3 N–H and O–H groups in total. The third kappa shape index (κ3) is 5.00. The van der Waals surface area contributed by atoms with Crippen molar-refractivity contribution in [1.29, 1.82) is 0 Å². The second kappa shape index (κ2) is 8.87. The molecule has 0 fully saturated rings. The summed E-state index contributed by atoms with van der Waals surface area (Å²) in [4.78, 5) is 27.5. The van der Waals surface area contributed by atoms with Gasteiger partial charge in [-0.25, -0.2) is 5.43 Å². The van der Waals surface area contributed by atoms with Crippen LogP contribution < -0.4 is 15.5 Å². The zero-order valence-electron chi connectivity index (χ0n) is 15.8. The van der Waals surface area contributed by atoms with Crippen molar-refractivity contribution in [3.8, 4) is 5.75 Å². The SMILES string of the molecule is COc1ccc2c(c1)C(c1ccc(Br)cc1)=NC(CC(=O)O)C(=NNC(C)=O)N2. The molecule has 3 rings (SSSR count). The Balaban J connectivity index is 2.20. The monoisotopic (exact) mass is 458 g/mol. The van der Waals surface area contributed by atoms with Crippen LogP contribution in [0.5, 0.6) is 5.75 Å². The first kappa shape index (κ1) is 20.5. The third-order valence-corrected chi connectivity index (χ3v) is 4.69. The molecule has 1 heterocycles. The molecule has 1 amide bonds. The number of halogens is 1. The lowest BCUT2D eigenvalue weighted by Crippen LogP contribution is -2.31. The molecule has 9 heteroatoms. The van der Waals surface area contributed by atoms with E-state index in [1.807, 2.05) is 30.3 Å². The number of methoxy groups -OCH3 is 1. The van der Waals surface area contributed by atoms with Crippen LogP contribution in [0.25, 0.3) is 0 Å². The summed E-state index contributed by atoms with van der Waals surface area (Å²) in [6.45, 7) is 1.32. The number of amidine groups is 1. The largest absolute Gasteiger partial charge is 0.497 e. The number of carbonyl (C=O) groups is 2. The maximum atomic E-state index is 11.5. The fraction of sp³-hybridized carbons (Fsp3) is 0.200. The molecule has 1 aliphatic heterocycles. The van der Waals surface area contributed by atoms with Crippen LogP contribution in [-0.4, -0.2) is 41.7 Å². The van der Waals surface area contributed by atoms with E-state index in [9.17, 15) is 14.7 Å². The number of anilines is 1. The summed E-state index contributed by atoms with van der Waals surface area (Å²) < 4.78 is 6.26. The molecule has 1 unspecified atom stereocenters. The lowest BCUT2D eigenvalue weighted by Gasteiger charge is -2.14. The molecule has 2 aromatic carbocycles. The van der Waals surface area contributed by atoms with Gasteiger partial charge in [0.15, 0.2) is 5.84 Å². The van der Waals surface area contributed by atoms with Gasteiger partial charge >= 0.3 is 5.97 Å². The van der Waals surface area contributed by atoms with Crippen LogP contribution in [0.1, 0.15) is 24.5 Å². The maximum absolute atomic E-state index is 11.5. The quantitative estimate of drug-likeness (QED) is 0.596. The van der Waals surface area contributed by atoms with E-state index in [4.69, 9.17) is 9.73 Å². The lowest BCUT2D eigenvalue weighted by atomic mass is 10.00. The van der Waals surface area contributed by atoms with Crippen LogP contribution in [0.15, 0.2) is 57.0 Å². The molecule has 0 radical (unpaired) electrons. The highest BCUT2D eigenvalue weighted by molar-refractivity contribution is 9.10. The number of hydrazone groups is 1. The van der Waals surface area contributed by atoms with Crippen LogP contribution in [-0.2, 0) is 9.59 Å². The smallest absolute Gasteiger partial charge is 0.306 e. The average molecular weight is 459 g/mol. The number of carboxylic acids is 1. The van der Waals surface area contributed by atoms with Crippen LogP contribution in [0.2, 0.25) is 0 Å². The number of amides is 1. The highest BCUT2D eigenvalue weighted by atomic mass is 79.9. The Kier molecular flexibility index (Phi) is 6.28. The predicted octanol–water partition coefficient (Wildman–Crippen LogP) is 3.01. The fourth-order valence-electron chi connectivity index (χ4n) is 2.85. The van der Waals surface area contributed by atoms with Crippen LogP contribution in [0, 0.1) is 0 Å². The molecule has 8 nitrogen and oxygen atoms in total. The van der Waals surface area contributed by atoms with Crippen molar-refractivity contribution >= 4 is 45.0 Å². The van der Waals surface area contributed by atoms with Gasteiger partial charge in [0.25, 0.3) is 0 Å². The molecule has 0 saturated carbocycles. The summed E-state index contributed by atoms with van der Waals surface area (Å²) in [5, 5.41) is 16.6. The van der Waals surface area contributed by atoms with Gasteiger partial charge in [-0.1, -0.05) is 28.1 Å². The zero-order chi connectivity index (χ0) is 21.0. The summed E-state index contributed by atoms with van der Waals surface area (Å²) in [6.07, 6.45) is -0.295. The Morgan fingerprint density at radius 2 is 2.00 bits per heavy atom. The Morgan fingerprint density at radius 1 is 1.28 bits per heavy atom. The number of hydrogen-bond acceptors (Lipinski definition) is 5. The molecule has 29 heavy (non-hydrogen) atoms. The summed E-state index contributed by atoms with van der Waals surface area (Å²) >= 11 is 3.42. The van der Waals surface area contributed by atoms with E-state index in [-0.39, 0.29) is 18.2 Å². The Labute approximate surface area is 175 Å². The number of ether oxygens (including phenoxy) is 1. The normalized spacial score (nSPS) is 16.9. The number of benzodiazepines with no additional fused rings is 1. The number of fused-ring (bicyclic) bond motifs is 1. The molecule has 0 saturated heterocycles. The van der Waals surface area contributed by atoms with Gasteiger partial charge in [0.1, 0.15) is 11.8 Å². The minimum Gasteiger partial charge on any atom is -0.497 e. The van der Waals surface area contributed by atoms with Gasteiger partial charge in [-0.3, -0.25) is 14.6 Å². The standard InChI is InChI=1S/C20H19BrN4O4/c1-11(26)24-25-20-17(10-18(27)28)22-19(12-3-5-13(21)6-4-12)15-9-14(29-2)7-8-16(15)23-20/h3-9,17H,10H2,1-2H3,(H,23,25)(H,24,26)(H,27,28). The number of nitrogens with zero attached hydrogens (tertiary/aromatic N) is 2. The van der Waals surface area contributed by atoms with Crippen LogP contribution in [0.4, 0.5) is 5.69 Å². The number of carboxylic acid groups (broad SMARTS) is 1. The van der Waals surface area contributed by atoms with Gasteiger partial charge in [-0.2, -0.15) is 5.10 Å². The van der Waals surface area contributed by atoms with Gasteiger partial charge in [0.05, 0.1) is 19.2 Å². The van der Waals surface area contributed by atoms with Crippen molar-refractivity contribution in [1.82, 2.24) is 5.43 Å². The summed E-state index contributed by atoms with van der Waals surface area (Å²) in [5.74, 6) is -0.534. The number of benzene rings is 2. The van der Waals surface area contributed by atoms with Gasteiger partial charge in [0.2, 0.25) is 5.91 Å². The van der Waals surface area contributed by atoms with E-state index in [1.54, 1.807) is 19.2 Å². The lowest BCUT2D eigenvalue weighted by molar-refractivity contribution is -0.137. The first-order valence-electron chi connectivity index (χ1n) is 8.72. The number of aliphatic carboxylic acids is 1. The van der Waals surface area contributed by atoms with E-state index >= 15 is 0 Å². The molecule has 1 atom stereocenters. The zero-order valence-corrected chi connectivity index (χ0v) is 17.4. The van der Waals surface area contributed by atoms with E-state index in [2.05, 4.69) is 31.8 Å². The van der Waals surface area contributed by atoms with E-state index in [0.29, 0.717) is 17.1 Å². The Bertz CT molecular complexity index is 1000. The topological polar surface area (TPSA) is 112 Å². The third-order valence-electron chi connectivity index (χ3n) is 4.16. The first-order valence-corrected chi connectivity index (χ1v) is 9.52. The number of aliphatic imine (C=N–C) groups is 1. The minimum absolute atomic E-state index is 0.237. The molecule has 1 aliphatic rings. The Morgan fingerprint density at radius 3 is 2.62 bits per heavy atom. The minimum atomic E-state index is -1.03. The van der Waals surface area contributed by atoms with Crippen molar-refractivity contribution in [3.63, 3.8) is 0 Å². The van der Waals surface area contributed by atoms with E-state index in [0.717, 1.165) is 15.6 Å². The number of carbonyl (C=O) groups excluding carboxylic acids is 1. The van der Waals surface area contributed by atoms with Crippen LogP contribution in [0.3, 0.4) is 0 Å². The van der Waals surface area contributed by atoms with Gasteiger partial charge in [0, 0.05) is 28.2 Å². The molecular formula is C20H19BrN4O4. The average Bonchev–Trinajstić information content (AvgIpc) is 2.83. The molecule has 2 aromatic rings. The van der Waals surface area contributed by atoms with Crippen molar-refractivity contribution in [2.24, 2.45) is 10.1 Å². The van der Waals surface area contributed by atoms with Gasteiger partial charge < -0.3 is 15.2 Å². The Hall–Kier alpha value is -3.20. The maximum Gasteiger partial charge on any atom is 0.306 e. The van der Waals surface area contributed by atoms with Gasteiger partial charge in [-0.05, 0) is 30.3 Å². The molecule has 0 bridgehead atoms. The first-order chi connectivity index (χ1) is 13.9. The van der Waals surface area contributed by atoms with E-state index < -0.39 is 12.0 Å². The highest BCUT2D eigenvalue weighted by Crippen LogP contribution is 2.29. The fourth-order valence-corrected chi connectivity index (χ4v) is 3.11. The second-order valence-electron chi connectivity index (χ2n) is 6.30. The molecule has 0 aromatic heterocycles. The molecule has 0 spiro atoms. The second-order valence-corrected chi connectivity index (χ2v) is 7.22. The summed E-state index contributed by atoms with van der Waals surface area (Å²) in [6, 6.07) is 12.1. The summed E-state index contributed by atoms with van der Waals surface area (Å²) in [5.41, 5.74) is 5.16. The van der Waals surface area contributed by atoms with Crippen molar-refractivity contribution < 1.29 is 19.4 Å². The summed E-state index contributed by atoms with van der Waals surface area (Å²) in [7, 11) is 1.57. The molecule has 150 valence electrons. The number of hydrogen-bond donors (Lipinski definition) is 3. The van der Waals surface area contributed by atoms with Crippen molar-refractivity contribution in [2.45, 2.75) is 19.4 Å². The van der Waals surface area contributed by atoms with Crippen molar-refractivity contribution in [3.05, 3.63) is 58.1 Å². The van der Waals surface area contributed by atoms with E-state index in [1.165, 1.54) is 6.92 Å². The predicted molar refractivity (Wildman–Crippen MR) is 114 cm³/mol.